The average molecular weight is 175 g/mol. The zero-order chi connectivity index (χ0) is 6.97. The van der Waals surface area contributed by atoms with Crippen molar-refractivity contribution >= 4 is 18.3 Å². The topological polar surface area (TPSA) is 23.6 Å². The zero-order valence-corrected chi connectivity index (χ0v) is 7.06. The van der Waals surface area contributed by atoms with E-state index < -0.39 is 0 Å². The van der Waals surface area contributed by atoms with Crippen LogP contribution < -0.4 is 0 Å². The maximum Gasteiger partial charge on any atom is 0.147 e. The highest BCUT2D eigenvalue weighted by Crippen LogP contribution is 2.15. The van der Waals surface area contributed by atoms with Crippen molar-refractivity contribution in [2.45, 2.75) is 0 Å². The van der Waals surface area contributed by atoms with Crippen LogP contribution in [0.2, 0.25) is 0 Å². The van der Waals surface area contributed by atoms with Gasteiger partial charge in [-0.05, 0) is 0 Å². The lowest BCUT2D eigenvalue weighted by molar-refractivity contribution is 0.108. The Morgan fingerprint density at radius 1 is 1.18 bits per heavy atom. The molecule has 3 nitrogen and oxygen atoms in total. The summed E-state index contributed by atoms with van der Waals surface area (Å²) in [5.74, 6) is 1.99. The minimum absolute atomic E-state index is 0. The molecule has 0 unspecified atom stereocenters. The van der Waals surface area contributed by atoms with Gasteiger partial charge in [0.25, 0.3) is 0 Å². The van der Waals surface area contributed by atoms with Crippen LogP contribution >= 0.6 is 12.4 Å². The lowest BCUT2D eigenvalue weighted by atomic mass is 10.2. The predicted molar refractivity (Wildman–Crippen MR) is 44.5 cm³/mol. The van der Waals surface area contributed by atoms with Crippen LogP contribution in [0.15, 0.2) is 5.70 Å². The normalized spacial score (nSPS) is 22.9. The Morgan fingerprint density at radius 2 is 1.82 bits per heavy atom. The lowest BCUT2D eigenvalue weighted by Gasteiger charge is -2.42. The second-order valence-electron chi connectivity index (χ2n) is 2.81. The van der Waals surface area contributed by atoms with Gasteiger partial charge in [-0.2, -0.15) is 0 Å². The average Bonchev–Trinajstić information content (AvgIpc) is 2.06. The maximum absolute atomic E-state index is 10.3. The summed E-state index contributed by atoms with van der Waals surface area (Å²) in [5.41, 5.74) is 0.845. The van der Waals surface area contributed by atoms with Gasteiger partial charge in [-0.1, -0.05) is 0 Å². The van der Waals surface area contributed by atoms with Crippen LogP contribution in [0.5, 0.6) is 0 Å². The minimum atomic E-state index is 0. The summed E-state index contributed by atoms with van der Waals surface area (Å²) < 4.78 is 0. The van der Waals surface area contributed by atoms with Gasteiger partial charge in [0.15, 0.2) is 0 Å². The molecule has 3 heterocycles. The third-order valence-corrected chi connectivity index (χ3v) is 2.25. The third kappa shape index (κ3) is 1.41. The summed E-state index contributed by atoms with van der Waals surface area (Å²) in [7, 11) is 0. The monoisotopic (exact) mass is 174 g/mol. The van der Waals surface area contributed by atoms with E-state index >= 15 is 0 Å². The van der Waals surface area contributed by atoms with Crippen molar-refractivity contribution in [1.29, 1.82) is 0 Å². The quantitative estimate of drug-likeness (QED) is 0.474. The van der Waals surface area contributed by atoms with E-state index in [9.17, 15) is 4.79 Å². The van der Waals surface area contributed by atoms with Crippen molar-refractivity contribution in [3.63, 3.8) is 0 Å². The van der Waals surface area contributed by atoms with Crippen molar-refractivity contribution in [2.75, 3.05) is 32.7 Å². The van der Waals surface area contributed by atoms with Crippen LogP contribution in [0.4, 0.5) is 0 Å². The standard InChI is InChI=1S/C7H10N2O.ClH/c10-6-7-5-8-1-3-9(7)4-2-8;/h1-5H2;1H. The fourth-order valence-electron chi connectivity index (χ4n) is 1.58. The Morgan fingerprint density at radius 3 is 2.09 bits per heavy atom. The van der Waals surface area contributed by atoms with E-state index in [4.69, 9.17) is 0 Å². The Labute approximate surface area is 72.1 Å². The van der Waals surface area contributed by atoms with E-state index in [0.29, 0.717) is 0 Å². The Bertz CT molecular complexity index is 193. The molecule has 3 rings (SSSR count). The lowest BCUT2D eigenvalue weighted by Crippen LogP contribution is -2.54. The highest BCUT2D eigenvalue weighted by Gasteiger charge is 2.26. The number of halogens is 1. The molecule has 0 radical (unpaired) electrons. The number of hydrogen-bond donors (Lipinski definition) is 0. The highest BCUT2D eigenvalue weighted by molar-refractivity contribution is 5.85. The van der Waals surface area contributed by atoms with Gasteiger partial charge in [-0.15, -0.1) is 12.4 Å². The molecule has 0 aromatic heterocycles. The largest absolute Gasteiger partial charge is 0.362 e. The van der Waals surface area contributed by atoms with Crippen molar-refractivity contribution < 1.29 is 4.79 Å². The number of fused-ring (bicyclic) bond motifs is 3. The van der Waals surface area contributed by atoms with E-state index in [1.165, 1.54) is 0 Å². The van der Waals surface area contributed by atoms with Crippen LogP contribution in [-0.2, 0) is 4.79 Å². The van der Waals surface area contributed by atoms with Gasteiger partial charge in [0.2, 0.25) is 0 Å². The van der Waals surface area contributed by atoms with Crippen LogP contribution in [0, 0.1) is 0 Å². The van der Waals surface area contributed by atoms with Gasteiger partial charge >= 0.3 is 0 Å². The minimum Gasteiger partial charge on any atom is -0.362 e. The van der Waals surface area contributed by atoms with Gasteiger partial charge < -0.3 is 4.90 Å². The molecule has 0 saturated carbocycles. The molecule has 3 fully saturated rings. The Balaban J connectivity index is 0.000000605. The molecule has 0 spiro atoms. The second kappa shape index (κ2) is 3.26. The van der Waals surface area contributed by atoms with Crippen molar-refractivity contribution in [3.8, 4) is 0 Å². The van der Waals surface area contributed by atoms with Gasteiger partial charge in [0.05, 0.1) is 0 Å². The number of hydrogen-bond acceptors (Lipinski definition) is 3. The number of nitrogens with zero attached hydrogens (tertiary/aromatic N) is 2. The number of carbonyl (C=O) groups excluding carboxylic acids is 1. The summed E-state index contributed by atoms with van der Waals surface area (Å²) in [6.07, 6.45) is 0. The van der Waals surface area contributed by atoms with Gasteiger partial charge in [0, 0.05) is 32.7 Å². The summed E-state index contributed by atoms with van der Waals surface area (Å²) in [6, 6.07) is 0. The fourth-order valence-corrected chi connectivity index (χ4v) is 1.58. The zero-order valence-electron chi connectivity index (χ0n) is 6.25. The summed E-state index contributed by atoms with van der Waals surface area (Å²) in [6.45, 7) is 5.09. The molecule has 4 heteroatoms. The number of piperazine rings is 3. The van der Waals surface area contributed by atoms with Crippen molar-refractivity contribution in [2.24, 2.45) is 0 Å². The Hall–Kier alpha value is -0.500. The van der Waals surface area contributed by atoms with Crippen LogP contribution in [0.25, 0.3) is 0 Å². The van der Waals surface area contributed by atoms with Crippen LogP contribution in [-0.4, -0.2) is 48.5 Å². The smallest absolute Gasteiger partial charge is 0.147 e. The molecule has 2 bridgehead atoms. The summed E-state index contributed by atoms with van der Waals surface area (Å²) in [5, 5.41) is 0. The Kier molecular flexibility index (Phi) is 2.55. The molecule has 0 aromatic carbocycles. The predicted octanol–water partition coefficient (Wildman–Crippen LogP) is -0.245. The highest BCUT2D eigenvalue weighted by atomic mass is 35.5. The summed E-state index contributed by atoms with van der Waals surface area (Å²) in [4.78, 5) is 14.7. The molecule has 0 aromatic rings. The third-order valence-electron chi connectivity index (χ3n) is 2.25. The molecule has 3 saturated heterocycles. The molecule has 62 valence electrons. The van der Waals surface area contributed by atoms with Crippen molar-refractivity contribution in [3.05, 3.63) is 5.70 Å². The molecule has 3 aliphatic heterocycles. The first-order chi connectivity index (χ1) is 4.90. The molecule has 0 amide bonds. The molecule has 0 atom stereocenters. The van der Waals surface area contributed by atoms with Crippen LogP contribution in [0.1, 0.15) is 0 Å². The number of rotatable bonds is 0. The first-order valence-corrected chi connectivity index (χ1v) is 3.61. The fraction of sp³-hybridized carbons (Fsp3) is 0.714. The molecule has 3 aliphatic rings. The molecular weight excluding hydrogens is 164 g/mol. The van der Waals surface area contributed by atoms with Gasteiger partial charge in [-0.25, -0.2) is 4.79 Å². The van der Waals surface area contributed by atoms with E-state index in [0.717, 1.165) is 38.4 Å². The van der Waals surface area contributed by atoms with Gasteiger partial charge in [0.1, 0.15) is 11.6 Å². The summed E-state index contributed by atoms with van der Waals surface area (Å²) >= 11 is 0. The van der Waals surface area contributed by atoms with E-state index in [1.54, 1.807) is 0 Å². The van der Waals surface area contributed by atoms with Crippen molar-refractivity contribution in [1.82, 2.24) is 9.80 Å². The second-order valence-corrected chi connectivity index (χ2v) is 2.81. The van der Waals surface area contributed by atoms with E-state index in [1.807, 2.05) is 5.94 Å². The van der Waals surface area contributed by atoms with Crippen LogP contribution in [0.3, 0.4) is 0 Å². The molecule has 11 heavy (non-hydrogen) atoms. The molecular formula is C7H11ClN2O. The molecule has 0 aliphatic carbocycles. The van der Waals surface area contributed by atoms with E-state index in [2.05, 4.69) is 9.80 Å². The SMILES string of the molecule is Cl.O=C=C1CN2CCN1CC2. The first-order valence-electron chi connectivity index (χ1n) is 3.61. The first kappa shape index (κ1) is 8.60. The molecule has 0 N–H and O–H groups in total. The van der Waals surface area contributed by atoms with E-state index in [-0.39, 0.29) is 12.4 Å². The van der Waals surface area contributed by atoms with Gasteiger partial charge in [-0.3, -0.25) is 4.90 Å². The maximum atomic E-state index is 10.3.